The van der Waals surface area contributed by atoms with E-state index in [1.165, 1.54) is 23.9 Å². The van der Waals surface area contributed by atoms with Crippen LogP contribution in [0.2, 0.25) is 0 Å². The van der Waals surface area contributed by atoms with Crippen molar-refractivity contribution in [1.29, 1.82) is 0 Å². The predicted octanol–water partition coefficient (Wildman–Crippen LogP) is 0.0444. The first-order valence-corrected chi connectivity index (χ1v) is 7.54. The third-order valence-electron chi connectivity index (χ3n) is 6.32. The molecular formula is C16H18N2O4. The Morgan fingerprint density at radius 2 is 1.23 bits per heavy atom. The number of amides is 4. The van der Waals surface area contributed by atoms with Gasteiger partial charge in [0.05, 0.1) is 23.7 Å². The van der Waals surface area contributed by atoms with Crippen LogP contribution in [0.1, 0.15) is 13.8 Å². The van der Waals surface area contributed by atoms with E-state index in [0.717, 1.165) is 5.57 Å². The SMILES string of the molecule is CC1=CC2(C)[C@@H]3C(=O)N(C)C(=O)[C@@H]3C1[C@@H]1C(=O)N(C)C(=O)[C@@H]12. The van der Waals surface area contributed by atoms with E-state index in [0.29, 0.717) is 0 Å². The van der Waals surface area contributed by atoms with Crippen LogP contribution in [-0.2, 0) is 19.2 Å². The smallest absolute Gasteiger partial charge is 0.233 e. The standard InChI is InChI=1S/C16H18N2O4/c1-6-5-16(2)10-8(12(19)17(3)14(10)21)7(6)9-11(16)15(22)18(4)13(9)20/h5,7-11H,1-4H3/t7?,8-,9+,10+,11-,16?. The van der Waals surface area contributed by atoms with Gasteiger partial charge in [0.15, 0.2) is 0 Å². The minimum Gasteiger partial charge on any atom is -0.285 e. The number of allylic oxidation sites excluding steroid dienone is 2. The molecular weight excluding hydrogens is 284 g/mol. The first-order valence-electron chi connectivity index (χ1n) is 7.54. The summed E-state index contributed by atoms with van der Waals surface area (Å²) in [6.45, 7) is 3.76. The normalized spacial score (nSPS) is 46.4. The van der Waals surface area contributed by atoms with Crippen LogP contribution >= 0.6 is 0 Å². The zero-order valence-electron chi connectivity index (χ0n) is 13.0. The van der Waals surface area contributed by atoms with Gasteiger partial charge in [0.25, 0.3) is 0 Å². The van der Waals surface area contributed by atoms with Crippen LogP contribution in [0.4, 0.5) is 0 Å². The highest BCUT2D eigenvalue weighted by atomic mass is 16.2. The number of carbonyl (C=O) groups is 4. The number of rotatable bonds is 0. The van der Waals surface area contributed by atoms with Gasteiger partial charge >= 0.3 is 0 Å². The summed E-state index contributed by atoms with van der Waals surface area (Å²) in [6, 6.07) is 0. The van der Waals surface area contributed by atoms with Crippen LogP contribution in [0.5, 0.6) is 0 Å². The zero-order chi connectivity index (χ0) is 16.1. The summed E-state index contributed by atoms with van der Waals surface area (Å²) >= 11 is 0. The van der Waals surface area contributed by atoms with Crippen LogP contribution in [0, 0.1) is 35.0 Å². The molecule has 3 fully saturated rings. The molecule has 2 bridgehead atoms. The molecule has 0 radical (unpaired) electrons. The quantitative estimate of drug-likeness (QED) is 0.468. The summed E-state index contributed by atoms with van der Waals surface area (Å²) < 4.78 is 0. The van der Waals surface area contributed by atoms with Crippen molar-refractivity contribution >= 4 is 23.6 Å². The average Bonchev–Trinajstić information content (AvgIpc) is 2.82. The lowest BCUT2D eigenvalue weighted by atomic mass is 9.46. The van der Waals surface area contributed by atoms with Crippen molar-refractivity contribution in [1.82, 2.24) is 9.80 Å². The summed E-state index contributed by atoms with van der Waals surface area (Å²) in [7, 11) is 2.99. The van der Waals surface area contributed by atoms with Crippen LogP contribution in [0.25, 0.3) is 0 Å². The average molecular weight is 302 g/mol. The van der Waals surface area contributed by atoms with Gasteiger partial charge in [0.1, 0.15) is 0 Å². The fraction of sp³-hybridized carbons (Fsp3) is 0.625. The second kappa shape index (κ2) is 3.67. The topological polar surface area (TPSA) is 74.8 Å². The molecule has 5 aliphatic rings. The van der Waals surface area contributed by atoms with E-state index >= 15 is 0 Å². The highest BCUT2D eigenvalue weighted by molar-refractivity contribution is 6.11. The van der Waals surface area contributed by atoms with Crippen molar-refractivity contribution in [3.63, 3.8) is 0 Å². The third kappa shape index (κ3) is 1.16. The van der Waals surface area contributed by atoms with Crippen molar-refractivity contribution < 1.29 is 19.2 Å². The maximum atomic E-state index is 12.6. The fourth-order valence-corrected chi connectivity index (χ4v) is 5.45. The van der Waals surface area contributed by atoms with E-state index in [1.807, 2.05) is 19.9 Å². The molecule has 6 heteroatoms. The van der Waals surface area contributed by atoms with Crippen molar-refractivity contribution in [2.45, 2.75) is 13.8 Å². The van der Waals surface area contributed by atoms with Gasteiger partial charge in [-0.25, -0.2) is 0 Å². The van der Waals surface area contributed by atoms with E-state index in [1.54, 1.807) is 0 Å². The molecule has 22 heavy (non-hydrogen) atoms. The highest BCUT2D eigenvalue weighted by Crippen LogP contribution is 2.65. The van der Waals surface area contributed by atoms with Crippen molar-refractivity contribution in [2.24, 2.45) is 35.0 Å². The molecule has 116 valence electrons. The first kappa shape index (κ1) is 13.7. The second-order valence-corrected chi connectivity index (χ2v) is 7.26. The number of nitrogens with zero attached hydrogens (tertiary/aromatic N) is 2. The Hall–Kier alpha value is -1.98. The third-order valence-corrected chi connectivity index (χ3v) is 6.32. The van der Waals surface area contributed by atoms with Gasteiger partial charge in [-0.2, -0.15) is 0 Å². The fourth-order valence-electron chi connectivity index (χ4n) is 5.45. The number of carbonyl (C=O) groups excluding carboxylic acids is 4. The van der Waals surface area contributed by atoms with Crippen molar-refractivity contribution in [3.8, 4) is 0 Å². The summed E-state index contributed by atoms with van der Waals surface area (Å²) in [6.07, 6.45) is 1.97. The van der Waals surface area contributed by atoms with Crippen LogP contribution in [-0.4, -0.2) is 47.5 Å². The summed E-state index contributed by atoms with van der Waals surface area (Å²) in [5.74, 6) is -3.27. The van der Waals surface area contributed by atoms with Crippen molar-refractivity contribution in [3.05, 3.63) is 11.6 Å². The lowest BCUT2D eigenvalue weighted by Crippen LogP contribution is -2.57. The van der Waals surface area contributed by atoms with Crippen LogP contribution < -0.4 is 0 Å². The van der Waals surface area contributed by atoms with Crippen molar-refractivity contribution in [2.75, 3.05) is 14.1 Å². The minimum atomic E-state index is -0.761. The van der Waals surface area contributed by atoms with Gasteiger partial charge in [0, 0.05) is 25.4 Å². The molecule has 2 aliphatic heterocycles. The Morgan fingerprint density at radius 3 is 1.64 bits per heavy atom. The maximum absolute atomic E-state index is 12.6. The summed E-state index contributed by atoms with van der Waals surface area (Å²) in [4.78, 5) is 52.6. The highest BCUT2D eigenvalue weighted by Gasteiger charge is 2.73. The molecule has 2 unspecified atom stereocenters. The van der Waals surface area contributed by atoms with Crippen LogP contribution in [0.3, 0.4) is 0 Å². The molecule has 2 saturated heterocycles. The van der Waals surface area contributed by atoms with Gasteiger partial charge < -0.3 is 0 Å². The van der Waals surface area contributed by atoms with Gasteiger partial charge in [-0.15, -0.1) is 0 Å². The number of hydrogen-bond donors (Lipinski definition) is 0. The minimum absolute atomic E-state index is 0.216. The van der Waals surface area contributed by atoms with Gasteiger partial charge in [-0.05, 0) is 6.92 Å². The Morgan fingerprint density at radius 1 is 0.818 bits per heavy atom. The first-order chi connectivity index (χ1) is 10.2. The van der Waals surface area contributed by atoms with Gasteiger partial charge in [0.2, 0.25) is 23.6 Å². The zero-order valence-corrected chi connectivity index (χ0v) is 13.0. The van der Waals surface area contributed by atoms with Gasteiger partial charge in [-0.3, -0.25) is 29.0 Å². The van der Waals surface area contributed by atoms with E-state index in [9.17, 15) is 19.2 Å². The monoisotopic (exact) mass is 302 g/mol. The molecule has 0 aromatic heterocycles. The molecule has 0 spiro atoms. The largest absolute Gasteiger partial charge is 0.285 e. The molecule has 5 rings (SSSR count). The Kier molecular flexibility index (Phi) is 2.28. The second-order valence-electron chi connectivity index (χ2n) is 7.26. The van der Waals surface area contributed by atoms with E-state index < -0.39 is 29.1 Å². The maximum Gasteiger partial charge on any atom is 0.233 e. The number of hydrogen-bond acceptors (Lipinski definition) is 4. The van der Waals surface area contributed by atoms with Gasteiger partial charge in [-0.1, -0.05) is 18.6 Å². The molecule has 0 N–H and O–H groups in total. The van der Waals surface area contributed by atoms with Crippen LogP contribution in [0.15, 0.2) is 11.6 Å². The van der Waals surface area contributed by atoms with E-state index in [4.69, 9.17) is 0 Å². The molecule has 6 nitrogen and oxygen atoms in total. The number of imide groups is 2. The Labute approximate surface area is 128 Å². The Balaban J connectivity index is 1.98. The molecule has 0 aromatic carbocycles. The molecule has 1 saturated carbocycles. The Bertz CT molecular complexity index is 648. The van der Waals surface area contributed by atoms with E-state index in [-0.39, 0.29) is 29.5 Å². The lowest BCUT2D eigenvalue weighted by molar-refractivity contribution is -0.146. The molecule has 2 heterocycles. The molecule has 4 amide bonds. The van der Waals surface area contributed by atoms with E-state index in [2.05, 4.69) is 0 Å². The molecule has 0 aromatic rings. The molecule has 3 aliphatic carbocycles. The molecule has 6 atom stereocenters. The summed E-state index contributed by atoms with van der Waals surface area (Å²) in [5.41, 5.74) is 0.196. The summed E-state index contributed by atoms with van der Waals surface area (Å²) in [5, 5.41) is 0. The number of likely N-dealkylation sites (tertiary alicyclic amines) is 2. The predicted molar refractivity (Wildman–Crippen MR) is 74.9 cm³/mol. The lowest BCUT2D eigenvalue weighted by Gasteiger charge is -2.53.